The molecule has 0 bridgehead atoms. The molecule has 0 radical (unpaired) electrons. The SMILES string of the molecule is Cc1ccc([N+](=O)[O-])c(Oc2cccc(N)c2)n1. The van der Waals surface area contributed by atoms with E-state index in [1.807, 2.05) is 0 Å². The molecule has 0 saturated heterocycles. The molecule has 92 valence electrons. The summed E-state index contributed by atoms with van der Waals surface area (Å²) in [6.45, 7) is 1.73. The number of aryl methyl sites for hydroxylation is 1. The van der Waals surface area contributed by atoms with Crippen molar-refractivity contribution in [2.75, 3.05) is 5.73 Å². The Balaban J connectivity index is 2.39. The van der Waals surface area contributed by atoms with Gasteiger partial charge in [0.1, 0.15) is 5.75 Å². The van der Waals surface area contributed by atoms with Gasteiger partial charge in [0.25, 0.3) is 5.88 Å². The van der Waals surface area contributed by atoms with Crippen LogP contribution in [-0.2, 0) is 0 Å². The molecule has 1 heterocycles. The van der Waals surface area contributed by atoms with Gasteiger partial charge in [-0.2, -0.15) is 0 Å². The topological polar surface area (TPSA) is 91.3 Å². The van der Waals surface area contributed by atoms with Gasteiger partial charge < -0.3 is 10.5 Å². The van der Waals surface area contributed by atoms with E-state index in [9.17, 15) is 10.1 Å². The number of ether oxygens (including phenoxy) is 1. The number of pyridine rings is 1. The zero-order valence-electron chi connectivity index (χ0n) is 9.66. The van der Waals surface area contributed by atoms with Crippen LogP contribution in [0.2, 0.25) is 0 Å². The minimum Gasteiger partial charge on any atom is -0.434 e. The molecule has 1 aromatic heterocycles. The molecule has 0 atom stereocenters. The van der Waals surface area contributed by atoms with E-state index in [0.29, 0.717) is 17.1 Å². The van der Waals surface area contributed by atoms with Gasteiger partial charge in [-0.1, -0.05) is 6.07 Å². The van der Waals surface area contributed by atoms with E-state index >= 15 is 0 Å². The third-order valence-corrected chi connectivity index (χ3v) is 2.25. The van der Waals surface area contributed by atoms with Crippen LogP contribution in [0.3, 0.4) is 0 Å². The van der Waals surface area contributed by atoms with Gasteiger partial charge in [-0.3, -0.25) is 10.1 Å². The fraction of sp³-hybridized carbons (Fsp3) is 0.0833. The number of hydrogen-bond donors (Lipinski definition) is 1. The first-order chi connectivity index (χ1) is 8.56. The highest BCUT2D eigenvalue weighted by atomic mass is 16.6. The molecule has 0 spiro atoms. The van der Waals surface area contributed by atoms with Gasteiger partial charge in [0.05, 0.1) is 4.92 Å². The van der Waals surface area contributed by atoms with E-state index in [-0.39, 0.29) is 11.6 Å². The van der Waals surface area contributed by atoms with Crippen LogP contribution in [-0.4, -0.2) is 9.91 Å². The summed E-state index contributed by atoms with van der Waals surface area (Å²) in [5.41, 5.74) is 6.58. The highest BCUT2D eigenvalue weighted by molar-refractivity contribution is 5.48. The van der Waals surface area contributed by atoms with Crippen LogP contribution in [0.5, 0.6) is 11.6 Å². The summed E-state index contributed by atoms with van der Waals surface area (Å²) in [6.07, 6.45) is 0. The molecular weight excluding hydrogens is 234 g/mol. The molecule has 2 aromatic rings. The first-order valence-corrected chi connectivity index (χ1v) is 5.21. The maximum absolute atomic E-state index is 10.9. The van der Waals surface area contributed by atoms with Crippen molar-refractivity contribution in [2.45, 2.75) is 6.92 Å². The van der Waals surface area contributed by atoms with Crippen LogP contribution in [0.15, 0.2) is 36.4 Å². The van der Waals surface area contributed by atoms with Crippen molar-refractivity contribution in [3.63, 3.8) is 0 Å². The maximum Gasteiger partial charge on any atom is 0.331 e. The predicted octanol–water partition coefficient (Wildman–Crippen LogP) is 2.67. The third-order valence-electron chi connectivity index (χ3n) is 2.25. The van der Waals surface area contributed by atoms with Gasteiger partial charge in [0.2, 0.25) is 0 Å². The summed E-state index contributed by atoms with van der Waals surface area (Å²) < 4.78 is 5.40. The van der Waals surface area contributed by atoms with E-state index in [0.717, 1.165) is 0 Å². The smallest absolute Gasteiger partial charge is 0.331 e. The number of hydrogen-bond acceptors (Lipinski definition) is 5. The molecule has 0 aliphatic carbocycles. The number of anilines is 1. The summed E-state index contributed by atoms with van der Waals surface area (Å²) in [4.78, 5) is 14.3. The standard InChI is InChI=1S/C12H11N3O3/c1-8-5-6-11(15(16)17)12(14-8)18-10-4-2-3-9(13)7-10/h2-7H,13H2,1H3. The Bertz CT molecular complexity index is 599. The van der Waals surface area contributed by atoms with Crippen LogP contribution in [0.4, 0.5) is 11.4 Å². The second-order valence-corrected chi connectivity index (χ2v) is 3.71. The van der Waals surface area contributed by atoms with Gasteiger partial charge >= 0.3 is 5.69 Å². The number of aromatic nitrogens is 1. The second kappa shape index (κ2) is 4.70. The number of rotatable bonds is 3. The van der Waals surface area contributed by atoms with Crippen molar-refractivity contribution in [3.05, 3.63) is 52.2 Å². The number of nitrogens with zero attached hydrogens (tertiary/aromatic N) is 2. The molecule has 18 heavy (non-hydrogen) atoms. The van der Waals surface area contributed by atoms with E-state index in [1.54, 1.807) is 37.3 Å². The Labute approximate surface area is 103 Å². The molecule has 6 nitrogen and oxygen atoms in total. The minimum atomic E-state index is -0.534. The van der Waals surface area contributed by atoms with Crippen molar-refractivity contribution in [2.24, 2.45) is 0 Å². The third kappa shape index (κ3) is 2.54. The quantitative estimate of drug-likeness (QED) is 0.510. The monoisotopic (exact) mass is 245 g/mol. The second-order valence-electron chi connectivity index (χ2n) is 3.71. The summed E-state index contributed by atoms with van der Waals surface area (Å²) in [5.74, 6) is 0.377. The Hall–Kier alpha value is -2.63. The predicted molar refractivity (Wildman–Crippen MR) is 66.6 cm³/mol. The molecule has 2 rings (SSSR count). The van der Waals surface area contributed by atoms with Crippen molar-refractivity contribution in [1.29, 1.82) is 0 Å². The molecule has 0 fully saturated rings. The van der Waals surface area contributed by atoms with E-state index in [4.69, 9.17) is 10.5 Å². The van der Waals surface area contributed by atoms with Crippen molar-refractivity contribution < 1.29 is 9.66 Å². The lowest BCUT2D eigenvalue weighted by Gasteiger charge is -2.06. The number of nitrogen functional groups attached to an aromatic ring is 1. The van der Waals surface area contributed by atoms with E-state index < -0.39 is 4.92 Å². The van der Waals surface area contributed by atoms with Crippen LogP contribution >= 0.6 is 0 Å². The summed E-state index contributed by atoms with van der Waals surface area (Å²) in [6, 6.07) is 9.56. The highest BCUT2D eigenvalue weighted by Crippen LogP contribution is 2.29. The summed E-state index contributed by atoms with van der Waals surface area (Å²) >= 11 is 0. The lowest BCUT2D eigenvalue weighted by atomic mass is 10.3. The minimum absolute atomic E-state index is 0.0365. The average molecular weight is 245 g/mol. The molecule has 0 aliphatic rings. The van der Waals surface area contributed by atoms with Crippen LogP contribution in [0.1, 0.15) is 5.69 Å². The molecule has 0 unspecified atom stereocenters. The fourth-order valence-electron chi connectivity index (χ4n) is 1.43. The van der Waals surface area contributed by atoms with E-state index in [1.165, 1.54) is 6.07 Å². The normalized spacial score (nSPS) is 10.1. The first-order valence-electron chi connectivity index (χ1n) is 5.21. The molecule has 2 N–H and O–H groups in total. The molecule has 0 aliphatic heterocycles. The Morgan fingerprint density at radius 3 is 2.78 bits per heavy atom. The Kier molecular flexibility index (Phi) is 3.09. The molecule has 6 heteroatoms. The van der Waals surface area contributed by atoms with Crippen molar-refractivity contribution in [3.8, 4) is 11.6 Å². The Morgan fingerprint density at radius 1 is 1.33 bits per heavy atom. The van der Waals surface area contributed by atoms with E-state index in [2.05, 4.69) is 4.98 Å². The van der Waals surface area contributed by atoms with Gasteiger partial charge in [0, 0.05) is 23.5 Å². The largest absolute Gasteiger partial charge is 0.434 e. The lowest BCUT2D eigenvalue weighted by Crippen LogP contribution is -1.97. The van der Waals surface area contributed by atoms with Crippen LogP contribution < -0.4 is 10.5 Å². The molecular formula is C12H11N3O3. The molecule has 0 amide bonds. The van der Waals surface area contributed by atoms with Crippen LogP contribution in [0.25, 0.3) is 0 Å². The van der Waals surface area contributed by atoms with Gasteiger partial charge in [-0.15, -0.1) is 0 Å². The van der Waals surface area contributed by atoms with Gasteiger partial charge in [-0.05, 0) is 25.1 Å². The highest BCUT2D eigenvalue weighted by Gasteiger charge is 2.17. The number of nitro groups is 1. The maximum atomic E-state index is 10.9. The zero-order valence-corrected chi connectivity index (χ0v) is 9.66. The van der Waals surface area contributed by atoms with Gasteiger partial charge in [0.15, 0.2) is 0 Å². The van der Waals surface area contributed by atoms with Crippen LogP contribution in [0, 0.1) is 17.0 Å². The summed E-state index contributed by atoms with van der Waals surface area (Å²) in [5, 5.41) is 10.9. The fourth-order valence-corrected chi connectivity index (χ4v) is 1.43. The van der Waals surface area contributed by atoms with Gasteiger partial charge in [-0.25, -0.2) is 4.98 Å². The first kappa shape index (κ1) is 11.8. The molecule has 1 aromatic carbocycles. The average Bonchev–Trinajstić information content (AvgIpc) is 2.28. The van der Waals surface area contributed by atoms with Crippen molar-refractivity contribution in [1.82, 2.24) is 4.98 Å². The molecule has 0 saturated carbocycles. The number of nitrogens with two attached hydrogens (primary N) is 1. The number of benzene rings is 1. The summed E-state index contributed by atoms with van der Waals surface area (Å²) in [7, 11) is 0. The van der Waals surface area contributed by atoms with Crippen molar-refractivity contribution >= 4 is 11.4 Å². The zero-order chi connectivity index (χ0) is 13.1. The Morgan fingerprint density at radius 2 is 2.11 bits per heavy atom. The lowest BCUT2D eigenvalue weighted by molar-refractivity contribution is -0.386.